The second-order valence-electron chi connectivity index (χ2n) is 3.52. The Bertz CT molecular complexity index is 484. The highest BCUT2D eigenvalue weighted by Crippen LogP contribution is 2.09. The molecule has 19 heavy (non-hydrogen) atoms. The van der Waals surface area contributed by atoms with Crippen molar-refractivity contribution in [3.8, 4) is 0 Å². The van der Waals surface area contributed by atoms with Gasteiger partial charge in [0.1, 0.15) is 6.54 Å². The maximum atomic E-state index is 11.9. The first-order chi connectivity index (χ1) is 9.10. The number of nitrogens with one attached hydrogen (secondary N) is 1. The second kappa shape index (κ2) is 7.15. The van der Waals surface area contributed by atoms with Crippen molar-refractivity contribution in [2.24, 2.45) is 0 Å². The zero-order valence-corrected chi connectivity index (χ0v) is 10.8. The summed E-state index contributed by atoms with van der Waals surface area (Å²) in [6.45, 7) is 1.67. The Morgan fingerprint density at radius 1 is 1.16 bits per heavy atom. The molecule has 0 aliphatic heterocycles. The zero-order valence-electron chi connectivity index (χ0n) is 10.8. The molecule has 0 saturated carbocycles. The van der Waals surface area contributed by atoms with E-state index in [1.807, 2.05) is 0 Å². The maximum absolute atomic E-state index is 11.9. The summed E-state index contributed by atoms with van der Waals surface area (Å²) in [5, 5.41) is 2.38. The fraction of sp³-hybridized carbons (Fsp3) is 0.308. The lowest BCUT2D eigenvalue weighted by atomic mass is 10.1. The smallest absolute Gasteiger partial charge is 0.338 e. The molecule has 1 N–H and O–H groups in total. The van der Waals surface area contributed by atoms with Crippen LogP contribution >= 0.6 is 0 Å². The minimum absolute atomic E-state index is 0.145. The molecule has 6 heteroatoms. The summed E-state index contributed by atoms with van der Waals surface area (Å²) < 4.78 is 9.26. The van der Waals surface area contributed by atoms with E-state index in [-0.39, 0.29) is 24.3 Å². The third kappa shape index (κ3) is 4.09. The van der Waals surface area contributed by atoms with Gasteiger partial charge < -0.3 is 14.8 Å². The molecule has 0 aliphatic rings. The Morgan fingerprint density at radius 3 is 2.37 bits per heavy atom. The summed E-state index contributed by atoms with van der Waals surface area (Å²) in [5.41, 5.74) is 0.296. The van der Waals surface area contributed by atoms with Crippen LogP contribution < -0.4 is 5.32 Å². The number of benzene rings is 1. The van der Waals surface area contributed by atoms with E-state index in [1.54, 1.807) is 19.1 Å². The summed E-state index contributed by atoms with van der Waals surface area (Å²) in [5.74, 6) is -1.68. The Balaban J connectivity index is 2.77. The monoisotopic (exact) mass is 265 g/mol. The number of hydrogen-bond donors (Lipinski definition) is 1. The van der Waals surface area contributed by atoms with Crippen molar-refractivity contribution in [3.63, 3.8) is 0 Å². The van der Waals surface area contributed by atoms with Gasteiger partial charge in [0.2, 0.25) is 0 Å². The Labute approximate surface area is 110 Å². The minimum Gasteiger partial charge on any atom is -0.465 e. The predicted octanol–water partition coefficient (Wildman–Crippen LogP) is 0.766. The molecular weight excluding hydrogens is 250 g/mol. The fourth-order valence-corrected chi connectivity index (χ4v) is 1.43. The molecule has 0 radical (unpaired) electrons. The third-order valence-corrected chi connectivity index (χ3v) is 2.28. The number of carbonyl (C=O) groups excluding carboxylic acids is 3. The van der Waals surface area contributed by atoms with Gasteiger partial charge in [0.05, 0.1) is 24.8 Å². The number of hydrogen-bond acceptors (Lipinski definition) is 5. The van der Waals surface area contributed by atoms with E-state index in [9.17, 15) is 14.4 Å². The molecule has 0 spiro atoms. The molecule has 6 nitrogen and oxygen atoms in total. The van der Waals surface area contributed by atoms with Gasteiger partial charge in [-0.05, 0) is 19.1 Å². The van der Waals surface area contributed by atoms with Gasteiger partial charge in [-0.1, -0.05) is 12.1 Å². The van der Waals surface area contributed by atoms with Crippen LogP contribution in [0.3, 0.4) is 0 Å². The summed E-state index contributed by atoms with van der Waals surface area (Å²) in [6.07, 6.45) is 0. The van der Waals surface area contributed by atoms with Crippen LogP contribution in [0.5, 0.6) is 0 Å². The Hall–Kier alpha value is -2.37. The van der Waals surface area contributed by atoms with E-state index in [1.165, 1.54) is 19.2 Å². The van der Waals surface area contributed by atoms with Crippen LogP contribution in [0.2, 0.25) is 0 Å². The van der Waals surface area contributed by atoms with Crippen molar-refractivity contribution in [3.05, 3.63) is 35.4 Å². The number of ether oxygens (including phenoxy) is 2. The maximum Gasteiger partial charge on any atom is 0.338 e. The first kappa shape index (κ1) is 14.7. The van der Waals surface area contributed by atoms with Crippen LogP contribution in [-0.4, -0.2) is 38.1 Å². The van der Waals surface area contributed by atoms with Gasteiger partial charge in [-0.25, -0.2) is 4.79 Å². The van der Waals surface area contributed by atoms with Crippen molar-refractivity contribution < 1.29 is 23.9 Å². The Morgan fingerprint density at radius 2 is 1.79 bits per heavy atom. The average Bonchev–Trinajstić information content (AvgIpc) is 2.44. The molecule has 0 aromatic heterocycles. The van der Waals surface area contributed by atoms with Crippen LogP contribution in [-0.2, 0) is 14.3 Å². The third-order valence-electron chi connectivity index (χ3n) is 2.28. The molecule has 1 aromatic rings. The second-order valence-corrected chi connectivity index (χ2v) is 3.52. The van der Waals surface area contributed by atoms with E-state index in [0.717, 1.165) is 0 Å². The topological polar surface area (TPSA) is 81.7 Å². The van der Waals surface area contributed by atoms with Gasteiger partial charge in [0, 0.05) is 0 Å². The van der Waals surface area contributed by atoms with Crippen LogP contribution in [0.1, 0.15) is 27.6 Å². The lowest BCUT2D eigenvalue weighted by Gasteiger charge is -2.08. The molecule has 0 saturated heterocycles. The Kier molecular flexibility index (Phi) is 5.53. The lowest BCUT2D eigenvalue weighted by Crippen LogP contribution is -2.31. The van der Waals surface area contributed by atoms with E-state index in [4.69, 9.17) is 0 Å². The van der Waals surface area contributed by atoms with Crippen molar-refractivity contribution >= 4 is 17.8 Å². The van der Waals surface area contributed by atoms with Crippen molar-refractivity contribution in [1.82, 2.24) is 5.32 Å². The van der Waals surface area contributed by atoms with Gasteiger partial charge in [0.15, 0.2) is 0 Å². The molecule has 0 fully saturated rings. The fourth-order valence-electron chi connectivity index (χ4n) is 1.43. The quantitative estimate of drug-likeness (QED) is 0.795. The van der Waals surface area contributed by atoms with Gasteiger partial charge in [0.25, 0.3) is 5.91 Å². The van der Waals surface area contributed by atoms with E-state index >= 15 is 0 Å². The molecular formula is C13H15NO5. The number of esters is 2. The normalized spacial score (nSPS) is 9.58. The highest BCUT2D eigenvalue weighted by molar-refractivity contribution is 6.05. The van der Waals surface area contributed by atoms with Gasteiger partial charge in [-0.15, -0.1) is 0 Å². The van der Waals surface area contributed by atoms with E-state index in [0.29, 0.717) is 0 Å². The standard InChI is InChI=1S/C13H15NO5/c1-3-19-11(15)8-14-12(16)9-6-4-5-7-10(9)13(17)18-2/h4-7H,3,8H2,1-2H3,(H,14,16). The number of methoxy groups -OCH3 is 1. The predicted molar refractivity (Wildman–Crippen MR) is 66.7 cm³/mol. The molecule has 0 unspecified atom stereocenters. The van der Waals surface area contributed by atoms with Crippen molar-refractivity contribution in [2.75, 3.05) is 20.3 Å². The van der Waals surface area contributed by atoms with Crippen LogP contribution in [0.4, 0.5) is 0 Å². The zero-order chi connectivity index (χ0) is 14.3. The molecule has 0 heterocycles. The van der Waals surface area contributed by atoms with Crippen molar-refractivity contribution in [2.45, 2.75) is 6.92 Å². The van der Waals surface area contributed by atoms with E-state index < -0.39 is 17.8 Å². The largest absolute Gasteiger partial charge is 0.465 e. The van der Waals surface area contributed by atoms with Gasteiger partial charge in [-0.3, -0.25) is 9.59 Å². The SMILES string of the molecule is CCOC(=O)CNC(=O)c1ccccc1C(=O)OC. The molecule has 102 valence electrons. The van der Waals surface area contributed by atoms with Gasteiger partial charge in [-0.2, -0.15) is 0 Å². The average molecular weight is 265 g/mol. The van der Waals surface area contributed by atoms with Crippen LogP contribution in [0.15, 0.2) is 24.3 Å². The van der Waals surface area contributed by atoms with Crippen LogP contribution in [0, 0.1) is 0 Å². The summed E-state index contributed by atoms with van der Waals surface area (Å²) >= 11 is 0. The number of rotatable bonds is 5. The summed E-state index contributed by atoms with van der Waals surface area (Å²) in [6, 6.07) is 6.19. The highest BCUT2D eigenvalue weighted by atomic mass is 16.5. The first-order valence-corrected chi connectivity index (χ1v) is 5.71. The first-order valence-electron chi connectivity index (χ1n) is 5.71. The molecule has 0 bridgehead atoms. The summed E-state index contributed by atoms with van der Waals surface area (Å²) in [4.78, 5) is 34.5. The van der Waals surface area contributed by atoms with Crippen LogP contribution in [0.25, 0.3) is 0 Å². The lowest BCUT2D eigenvalue weighted by molar-refractivity contribution is -0.141. The number of amides is 1. The summed E-state index contributed by atoms with van der Waals surface area (Å²) in [7, 11) is 1.23. The molecule has 1 rings (SSSR count). The molecule has 1 aromatic carbocycles. The van der Waals surface area contributed by atoms with Gasteiger partial charge >= 0.3 is 11.9 Å². The highest BCUT2D eigenvalue weighted by Gasteiger charge is 2.17. The van der Waals surface area contributed by atoms with E-state index in [2.05, 4.69) is 14.8 Å². The molecule has 1 amide bonds. The minimum atomic E-state index is -0.609. The van der Waals surface area contributed by atoms with Crippen molar-refractivity contribution in [1.29, 1.82) is 0 Å². The number of carbonyl (C=O) groups is 3. The molecule has 0 atom stereocenters. The molecule has 0 aliphatic carbocycles.